The lowest BCUT2D eigenvalue weighted by molar-refractivity contribution is -0.150. The van der Waals surface area contributed by atoms with Crippen molar-refractivity contribution in [3.8, 4) is 0 Å². The molecule has 124 valence electrons. The third-order valence-corrected chi connectivity index (χ3v) is 3.08. The van der Waals surface area contributed by atoms with Crippen LogP contribution in [0.3, 0.4) is 0 Å². The van der Waals surface area contributed by atoms with Crippen LogP contribution < -0.4 is 5.32 Å². The van der Waals surface area contributed by atoms with E-state index in [0.717, 1.165) is 0 Å². The summed E-state index contributed by atoms with van der Waals surface area (Å²) >= 11 is 0. The molecule has 0 radical (unpaired) electrons. The van der Waals surface area contributed by atoms with E-state index >= 15 is 0 Å². The van der Waals surface area contributed by atoms with E-state index in [9.17, 15) is 14.7 Å². The van der Waals surface area contributed by atoms with Gasteiger partial charge in [0.2, 0.25) is 0 Å². The fourth-order valence-corrected chi connectivity index (χ4v) is 2.04. The van der Waals surface area contributed by atoms with Crippen LogP contribution in [0.25, 0.3) is 0 Å². The fourth-order valence-electron chi connectivity index (χ4n) is 2.04. The smallest absolute Gasteiger partial charge is 0.407 e. The molecule has 2 N–H and O–H groups in total. The fraction of sp³-hybridized carbons (Fsp3) is 0.867. The Labute approximate surface area is 127 Å². The minimum absolute atomic E-state index is 0.0398. The normalized spacial score (nSPS) is 14.3. The summed E-state index contributed by atoms with van der Waals surface area (Å²) in [5, 5.41) is 12.1. The van der Waals surface area contributed by atoms with Crippen molar-refractivity contribution in [3.05, 3.63) is 0 Å². The summed E-state index contributed by atoms with van der Waals surface area (Å²) in [4.78, 5) is 23.4. The molecule has 0 spiro atoms. The molecule has 6 heteroatoms. The molecule has 1 unspecified atom stereocenters. The Hall–Kier alpha value is -1.30. The number of carboxylic acids is 1. The Morgan fingerprint density at radius 3 is 2.19 bits per heavy atom. The Morgan fingerprint density at radius 2 is 1.76 bits per heavy atom. The van der Waals surface area contributed by atoms with E-state index < -0.39 is 23.1 Å². The van der Waals surface area contributed by atoms with Gasteiger partial charge in [0.1, 0.15) is 5.60 Å². The quantitative estimate of drug-likeness (QED) is 0.640. The molecular weight excluding hydrogens is 274 g/mol. The van der Waals surface area contributed by atoms with Crippen LogP contribution in [0.1, 0.15) is 53.9 Å². The van der Waals surface area contributed by atoms with Gasteiger partial charge in [0, 0.05) is 19.8 Å². The van der Waals surface area contributed by atoms with Crippen molar-refractivity contribution >= 4 is 12.1 Å². The van der Waals surface area contributed by atoms with Crippen molar-refractivity contribution in [3.63, 3.8) is 0 Å². The maximum absolute atomic E-state index is 11.7. The number of aliphatic carboxylic acids is 1. The van der Waals surface area contributed by atoms with Crippen molar-refractivity contribution in [2.75, 3.05) is 19.8 Å². The molecule has 0 aliphatic carbocycles. The Morgan fingerprint density at radius 1 is 1.14 bits per heavy atom. The van der Waals surface area contributed by atoms with Gasteiger partial charge < -0.3 is 19.9 Å². The van der Waals surface area contributed by atoms with Crippen molar-refractivity contribution in [1.29, 1.82) is 0 Å². The molecule has 0 aliphatic heterocycles. The number of carboxylic acid groups (broad SMARTS) is 1. The van der Waals surface area contributed by atoms with E-state index in [1.54, 1.807) is 20.8 Å². The molecule has 0 aliphatic rings. The number of alkyl carbamates (subject to hydrolysis) is 1. The van der Waals surface area contributed by atoms with Gasteiger partial charge in [-0.25, -0.2) is 4.79 Å². The van der Waals surface area contributed by atoms with E-state index in [4.69, 9.17) is 9.47 Å². The molecule has 0 bridgehead atoms. The molecule has 6 nitrogen and oxygen atoms in total. The van der Waals surface area contributed by atoms with E-state index in [2.05, 4.69) is 5.32 Å². The summed E-state index contributed by atoms with van der Waals surface area (Å²) in [6.07, 6.45) is 0.958. The second-order valence-electron chi connectivity index (χ2n) is 6.14. The van der Waals surface area contributed by atoms with E-state index in [0.29, 0.717) is 32.5 Å². The van der Waals surface area contributed by atoms with Gasteiger partial charge in [-0.05, 0) is 40.5 Å². The highest BCUT2D eigenvalue weighted by molar-refractivity contribution is 5.76. The highest BCUT2D eigenvalue weighted by atomic mass is 16.6. The van der Waals surface area contributed by atoms with Gasteiger partial charge in [0.25, 0.3) is 0 Å². The van der Waals surface area contributed by atoms with E-state index in [1.165, 1.54) is 0 Å². The van der Waals surface area contributed by atoms with E-state index in [-0.39, 0.29) is 6.54 Å². The molecule has 1 amide bonds. The molecule has 21 heavy (non-hydrogen) atoms. The van der Waals surface area contributed by atoms with Crippen LogP contribution in [0.2, 0.25) is 0 Å². The van der Waals surface area contributed by atoms with E-state index in [1.807, 2.05) is 13.8 Å². The van der Waals surface area contributed by atoms with Crippen molar-refractivity contribution < 1.29 is 24.2 Å². The zero-order valence-corrected chi connectivity index (χ0v) is 13.8. The minimum atomic E-state index is -1.01. The van der Waals surface area contributed by atoms with Gasteiger partial charge in [-0.15, -0.1) is 0 Å². The average Bonchev–Trinajstić information content (AvgIpc) is 2.33. The lowest BCUT2D eigenvalue weighted by Crippen LogP contribution is -2.45. The molecule has 0 aromatic rings. The largest absolute Gasteiger partial charge is 0.481 e. The zero-order chi connectivity index (χ0) is 16.5. The summed E-state index contributed by atoms with van der Waals surface area (Å²) < 4.78 is 10.4. The average molecular weight is 303 g/mol. The topological polar surface area (TPSA) is 84.9 Å². The third-order valence-electron chi connectivity index (χ3n) is 3.08. The number of hydrogen-bond acceptors (Lipinski definition) is 4. The molecule has 0 rings (SSSR count). The second-order valence-corrected chi connectivity index (χ2v) is 6.14. The standard InChI is InChI=1S/C15H29NO5/c1-6-8-15(12(17)18,9-10-20-7-2)11-16-13(19)21-14(3,4)5/h6-11H2,1-5H3,(H,16,19)(H,17,18). The van der Waals surface area contributed by atoms with Crippen LogP contribution in [0, 0.1) is 5.41 Å². The van der Waals surface area contributed by atoms with Crippen LogP contribution in [0.15, 0.2) is 0 Å². The maximum atomic E-state index is 11.7. The Balaban J connectivity index is 4.72. The van der Waals surface area contributed by atoms with Gasteiger partial charge in [-0.2, -0.15) is 0 Å². The first-order valence-electron chi connectivity index (χ1n) is 7.45. The van der Waals surface area contributed by atoms with Crippen molar-refractivity contribution in [2.24, 2.45) is 5.41 Å². The minimum Gasteiger partial charge on any atom is -0.481 e. The number of carbonyl (C=O) groups is 2. The van der Waals surface area contributed by atoms with Gasteiger partial charge >= 0.3 is 12.1 Å². The number of hydrogen-bond donors (Lipinski definition) is 2. The van der Waals surface area contributed by atoms with Gasteiger partial charge in [0.15, 0.2) is 0 Å². The first kappa shape index (κ1) is 19.7. The van der Waals surface area contributed by atoms with Crippen LogP contribution in [-0.2, 0) is 14.3 Å². The van der Waals surface area contributed by atoms with Crippen LogP contribution in [0.4, 0.5) is 4.79 Å². The number of amides is 1. The molecule has 0 fully saturated rings. The summed E-state index contributed by atoms with van der Waals surface area (Å²) in [7, 11) is 0. The molecule has 0 saturated heterocycles. The third kappa shape index (κ3) is 7.90. The number of ether oxygens (including phenoxy) is 2. The van der Waals surface area contributed by atoms with Crippen LogP contribution in [-0.4, -0.2) is 42.5 Å². The lowest BCUT2D eigenvalue weighted by atomic mass is 9.80. The SMILES string of the molecule is CCCC(CCOCC)(CNC(=O)OC(C)(C)C)C(=O)O. The number of nitrogens with one attached hydrogen (secondary N) is 1. The highest BCUT2D eigenvalue weighted by Crippen LogP contribution is 2.28. The first-order valence-corrected chi connectivity index (χ1v) is 7.45. The number of carbonyl (C=O) groups excluding carboxylic acids is 1. The molecule has 0 heterocycles. The molecule has 1 atom stereocenters. The van der Waals surface area contributed by atoms with Crippen molar-refractivity contribution in [2.45, 2.75) is 59.5 Å². The number of rotatable bonds is 9. The Kier molecular flexibility index (Phi) is 8.32. The van der Waals surface area contributed by atoms with Crippen molar-refractivity contribution in [1.82, 2.24) is 5.32 Å². The van der Waals surface area contributed by atoms with Gasteiger partial charge in [-0.3, -0.25) is 4.79 Å². The highest BCUT2D eigenvalue weighted by Gasteiger charge is 2.38. The predicted octanol–water partition coefficient (Wildman–Crippen LogP) is 2.81. The van der Waals surface area contributed by atoms with Crippen LogP contribution in [0.5, 0.6) is 0 Å². The zero-order valence-electron chi connectivity index (χ0n) is 13.8. The molecule has 0 aromatic carbocycles. The summed E-state index contributed by atoms with van der Waals surface area (Å²) in [5.41, 5.74) is -1.62. The predicted molar refractivity (Wildman–Crippen MR) is 80.3 cm³/mol. The molecular formula is C15H29NO5. The second kappa shape index (κ2) is 8.87. The molecule has 0 saturated carbocycles. The summed E-state index contributed by atoms with van der Waals surface area (Å²) in [6, 6.07) is 0. The maximum Gasteiger partial charge on any atom is 0.407 e. The monoisotopic (exact) mass is 303 g/mol. The van der Waals surface area contributed by atoms with Crippen LogP contribution >= 0.6 is 0 Å². The summed E-state index contributed by atoms with van der Waals surface area (Å²) in [5.74, 6) is -0.917. The summed E-state index contributed by atoms with van der Waals surface area (Å²) in [6.45, 7) is 10.0. The first-order chi connectivity index (χ1) is 9.67. The molecule has 0 aromatic heterocycles. The van der Waals surface area contributed by atoms with Gasteiger partial charge in [0.05, 0.1) is 5.41 Å². The van der Waals surface area contributed by atoms with Gasteiger partial charge in [-0.1, -0.05) is 13.3 Å². The Bertz CT molecular complexity index is 337. The lowest BCUT2D eigenvalue weighted by Gasteiger charge is -2.30.